The predicted molar refractivity (Wildman–Crippen MR) is 80.9 cm³/mol. The van der Waals surface area contributed by atoms with Gasteiger partial charge in [-0.1, -0.05) is 29.8 Å². The van der Waals surface area contributed by atoms with Crippen LogP contribution in [-0.4, -0.2) is 36.0 Å². The van der Waals surface area contributed by atoms with Gasteiger partial charge in [-0.2, -0.15) is 0 Å². The van der Waals surface area contributed by atoms with E-state index >= 15 is 0 Å². The molecule has 21 heavy (non-hydrogen) atoms. The van der Waals surface area contributed by atoms with E-state index in [0.29, 0.717) is 26.0 Å². The lowest BCUT2D eigenvalue weighted by atomic mass is 10.0. The second-order valence-corrected chi connectivity index (χ2v) is 5.51. The van der Waals surface area contributed by atoms with Crippen molar-refractivity contribution in [1.29, 1.82) is 0 Å². The maximum atomic E-state index is 12.5. The first-order chi connectivity index (χ1) is 10.1. The number of esters is 1. The van der Waals surface area contributed by atoms with Gasteiger partial charge in [0.15, 0.2) is 0 Å². The number of rotatable bonds is 4. The smallest absolute Gasteiger partial charge is 0.328 e. The summed E-state index contributed by atoms with van der Waals surface area (Å²) in [4.78, 5) is 26.2. The zero-order valence-electron chi connectivity index (χ0n) is 12.8. The number of carbonyl (C=O) groups excluding carboxylic acids is 2. The topological polar surface area (TPSA) is 46.6 Å². The molecule has 114 valence electrons. The Hall–Kier alpha value is -1.84. The minimum atomic E-state index is -0.406. The van der Waals surface area contributed by atoms with Crippen LogP contribution in [0.2, 0.25) is 0 Å². The molecule has 4 nitrogen and oxygen atoms in total. The number of nitrogens with zero attached hydrogens (tertiary/aromatic N) is 1. The predicted octanol–water partition coefficient (Wildman–Crippen LogP) is 2.48. The molecular formula is C17H23NO3. The monoisotopic (exact) mass is 289 g/mol. The summed E-state index contributed by atoms with van der Waals surface area (Å²) in [5, 5.41) is 0. The standard InChI is InChI=1S/C17H23NO3/c1-3-21-17(20)15-6-4-5-11-18(15)16(19)12-14-9-7-13(2)8-10-14/h7-10,15H,3-6,11-12H2,1-2H3. The fraction of sp³-hybridized carbons (Fsp3) is 0.529. The number of piperidine rings is 1. The fourth-order valence-electron chi connectivity index (χ4n) is 2.70. The van der Waals surface area contributed by atoms with E-state index in [9.17, 15) is 9.59 Å². The van der Waals surface area contributed by atoms with E-state index in [0.717, 1.165) is 18.4 Å². The van der Waals surface area contributed by atoms with Crippen LogP contribution >= 0.6 is 0 Å². The summed E-state index contributed by atoms with van der Waals surface area (Å²) in [6.45, 7) is 4.82. The Morgan fingerprint density at radius 1 is 1.24 bits per heavy atom. The molecular weight excluding hydrogens is 266 g/mol. The van der Waals surface area contributed by atoms with Crippen LogP contribution in [0.3, 0.4) is 0 Å². The van der Waals surface area contributed by atoms with E-state index in [-0.39, 0.29) is 11.9 Å². The number of ether oxygens (including phenoxy) is 1. The summed E-state index contributed by atoms with van der Waals surface area (Å²) < 4.78 is 5.09. The van der Waals surface area contributed by atoms with Crippen molar-refractivity contribution in [3.8, 4) is 0 Å². The third-order valence-electron chi connectivity index (χ3n) is 3.86. The first-order valence-electron chi connectivity index (χ1n) is 7.63. The van der Waals surface area contributed by atoms with Crippen molar-refractivity contribution in [1.82, 2.24) is 4.90 Å². The van der Waals surface area contributed by atoms with Gasteiger partial charge in [-0.3, -0.25) is 4.79 Å². The van der Waals surface area contributed by atoms with Crippen molar-refractivity contribution in [2.24, 2.45) is 0 Å². The van der Waals surface area contributed by atoms with Crippen LogP contribution in [-0.2, 0) is 20.7 Å². The van der Waals surface area contributed by atoms with Gasteiger partial charge in [0.1, 0.15) is 6.04 Å². The lowest BCUT2D eigenvalue weighted by Crippen LogP contribution is -2.49. The van der Waals surface area contributed by atoms with Crippen LogP contribution in [0.4, 0.5) is 0 Å². The van der Waals surface area contributed by atoms with Crippen molar-refractivity contribution in [3.63, 3.8) is 0 Å². The fourth-order valence-corrected chi connectivity index (χ4v) is 2.70. The molecule has 0 aromatic heterocycles. The van der Waals surface area contributed by atoms with E-state index in [4.69, 9.17) is 4.74 Å². The van der Waals surface area contributed by atoms with Crippen molar-refractivity contribution in [2.45, 2.75) is 45.6 Å². The molecule has 1 unspecified atom stereocenters. The molecule has 1 aromatic carbocycles. The molecule has 1 amide bonds. The second kappa shape index (κ2) is 7.25. The highest BCUT2D eigenvalue weighted by Crippen LogP contribution is 2.19. The SMILES string of the molecule is CCOC(=O)C1CCCCN1C(=O)Cc1ccc(C)cc1. The molecule has 0 spiro atoms. The van der Waals surface area contributed by atoms with E-state index in [1.54, 1.807) is 11.8 Å². The highest BCUT2D eigenvalue weighted by atomic mass is 16.5. The molecule has 1 heterocycles. The molecule has 0 aliphatic carbocycles. The average molecular weight is 289 g/mol. The maximum Gasteiger partial charge on any atom is 0.328 e. The molecule has 1 aliphatic rings. The molecule has 1 aromatic rings. The largest absolute Gasteiger partial charge is 0.464 e. The van der Waals surface area contributed by atoms with Crippen LogP contribution < -0.4 is 0 Å². The van der Waals surface area contributed by atoms with Gasteiger partial charge in [-0.25, -0.2) is 4.79 Å². The van der Waals surface area contributed by atoms with Crippen LogP contribution in [0.1, 0.15) is 37.3 Å². The van der Waals surface area contributed by atoms with Gasteiger partial charge in [-0.05, 0) is 38.7 Å². The molecule has 2 rings (SSSR count). The van der Waals surface area contributed by atoms with Gasteiger partial charge in [0.2, 0.25) is 5.91 Å². The molecule has 1 fully saturated rings. The lowest BCUT2D eigenvalue weighted by molar-refractivity contribution is -0.156. The molecule has 1 atom stereocenters. The second-order valence-electron chi connectivity index (χ2n) is 5.51. The Balaban J connectivity index is 2.04. The third-order valence-corrected chi connectivity index (χ3v) is 3.86. The van der Waals surface area contributed by atoms with E-state index in [1.165, 1.54) is 5.56 Å². The van der Waals surface area contributed by atoms with Crippen molar-refractivity contribution >= 4 is 11.9 Å². The molecule has 0 saturated carbocycles. The molecule has 4 heteroatoms. The van der Waals surface area contributed by atoms with Gasteiger partial charge in [0.25, 0.3) is 0 Å². The van der Waals surface area contributed by atoms with Crippen LogP contribution in [0, 0.1) is 6.92 Å². The Morgan fingerprint density at radius 2 is 1.95 bits per heavy atom. The number of likely N-dealkylation sites (tertiary alicyclic amines) is 1. The summed E-state index contributed by atoms with van der Waals surface area (Å²) >= 11 is 0. The van der Waals surface area contributed by atoms with E-state index in [1.807, 2.05) is 31.2 Å². The van der Waals surface area contributed by atoms with Gasteiger partial charge in [-0.15, -0.1) is 0 Å². The zero-order valence-corrected chi connectivity index (χ0v) is 12.8. The summed E-state index contributed by atoms with van der Waals surface area (Å²) in [6, 6.07) is 7.53. The quantitative estimate of drug-likeness (QED) is 0.800. The molecule has 0 bridgehead atoms. The molecule has 1 saturated heterocycles. The first kappa shape index (κ1) is 15.5. The number of benzene rings is 1. The Morgan fingerprint density at radius 3 is 2.62 bits per heavy atom. The normalized spacial score (nSPS) is 18.4. The number of carbonyl (C=O) groups is 2. The van der Waals surface area contributed by atoms with Crippen molar-refractivity contribution in [3.05, 3.63) is 35.4 Å². The minimum Gasteiger partial charge on any atom is -0.464 e. The Bertz CT molecular complexity index is 495. The van der Waals surface area contributed by atoms with E-state index < -0.39 is 6.04 Å². The first-order valence-corrected chi connectivity index (χ1v) is 7.63. The van der Waals surface area contributed by atoms with Gasteiger partial charge >= 0.3 is 5.97 Å². The molecule has 0 N–H and O–H groups in total. The minimum absolute atomic E-state index is 0.0107. The zero-order chi connectivity index (χ0) is 15.2. The number of aryl methyl sites for hydroxylation is 1. The van der Waals surface area contributed by atoms with Crippen LogP contribution in [0.15, 0.2) is 24.3 Å². The van der Waals surface area contributed by atoms with Gasteiger partial charge < -0.3 is 9.64 Å². The van der Waals surface area contributed by atoms with Gasteiger partial charge in [0, 0.05) is 6.54 Å². The van der Waals surface area contributed by atoms with Crippen LogP contribution in [0.25, 0.3) is 0 Å². The average Bonchev–Trinajstić information content (AvgIpc) is 2.50. The summed E-state index contributed by atoms with van der Waals surface area (Å²) in [6.07, 6.45) is 2.97. The maximum absolute atomic E-state index is 12.5. The molecule has 0 radical (unpaired) electrons. The van der Waals surface area contributed by atoms with E-state index in [2.05, 4.69) is 0 Å². The lowest BCUT2D eigenvalue weighted by Gasteiger charge is -2.34. The van der Waals surface area contributed by atoms with Crippen LogP contribution in [0.5, 0.6) is 0 Å². The Kier molecular flexibility index (Phi) is 5.37. The van der Waals surface area contributed by atoms with Gasteiger partial charge in [0.05, 0.1) is 13.0 Å². The third kappa shape index (κ3) is 4.06. The highest BCUT2D eigenvalue weighted by molar-refractivity contribution is 5.86. The summed E-state index contributed by atoms with van der Waals surface area (Å²) in [7, 11) is 0. The van der Waals surface area contributed by atoms with Crippen molar-refractivity contribution in [2.75, 3.05) is 13.2 Å². The summed E-state index contributed by atoms with van der Waals surface area (Å²) in [5.41, 5.74) is 2.16. The summed E-state index contributed by atoms with van der Waals surface area (Å²) in [5.74, 6) is -0.258. The molecule has 1 aliphatic heterocycles. The highest BCUT2D eigenvalue weighted by Gasteiger charge is 2.32. The Labute approximate surface area is 126 Å². The van der Waals surface area contributed by atoms with Crippen molar-refractivity contribution < 1.29 is 14.3 Å². The number of amides is 1. The number of hydrogen-bond acceptors (Lipinski definition) is 3. The number of hydrogen-bond donors (Lipinski definition) is 0.